The minimum absolute atomic E-state index is 0.125. The number of hydrogen-bond acceptors (Lipinski definition) is 4. The van der Waals surface area contributed by atoms with Crippen LogP contribution in [0.1, 0.15) is 28.9 Å². The molecule has 128 valence electrons. The number of halogens is 1. The van der Waals surface area contributed by atoms with Gasteiger partial charge in [0.1, 0.15) is 0 Å². The highest BCUT2D eigenvalue weighted by Crippen LogP contribution is 2.33. The Morgan fingerprint density at radius 1 is 1.33 bits per heavy atom. The molecule has 1 fully saturated rings. The quantitative estimate of drug-likeness (QED) is 0.888. The molecule has 0 bridgehead atoms. The number of aromatic nitrogens is 1. The molecule has 0 atom stereocenters. The number of thioether (sulfide) groups is 1. The van der Waals surface area contributed by atoms with Crippen molar-refractivity contribution in [1.82, 2.24) is 4.57 Å². The van der Waals surface area contributed by atoms with E-state index in [0.29, 0.717) is 22.2 Å². The highest BCUT2D eigenvalue weighted by Gasteiger charge is 2.28. The van der Waals surface area contributed by atoms with Crippen molar-refractivity contribution in [3.8, 4) is 5.75 Å². The predicted molar refractivity (Wildman–Crippen MR) is 90.3 cm³/mol. The zero-order valence-corrected chi connectivity index (χ0v) is 14.0. The first kappa shape index (κ1) is 16.8. The number of carbonyl (C=O) groups excluding carboxylic acids is 1. The van der Waals surface area contributed by atoms with Crippen LogP contribution in [0.4, 0.5) is 4.39 Å². The Morgan fingerprint density at radius 2 is 2.00 bits per heavy atom. The van der Waals surface area contributed by atoms with Gasteiger partial charge in [-0.25, -0.2) is 4.39 Å². The highest BCUT2D eigenvalue weighted by atomic mass is 32.2. The Morgan fingerprint density at radius 3 is 2.62 bits per heavy atom. The Kier molecular flexibility index (Phi) is 4.54. The number of phenolic OH excluding ortho intramolecular Hbond substituents is 1. The summed E-state index contributed by atoms with van der Waals surface area (Å²) in [7, 11) is 0. The van der Waals surface area contributed by atoms with Crippen LogP contribution < -0.4 is 0 Å². The maximum atomic E-state index is 13.8. The van der Waals surface area contributed by atoms with E-state index in [1.807, 2.05) is 0 Å². The van der Waals surface area contributed by atoms with Crippen LogP contribution in [0.2, 0.25) is 0 Å². The van der Waals surface area contributed by atoms with Crippen LogP contribution in [0.25, 0.3) is 10.9 Å². The number of nitrogens with zero attached hydrogens (tertiary/aromatic N) is 1. The number of aromatic hydroxyl groups is 1. The number of rotatable bonds is 3. The zero-order chi connectivity index (χ0) is 17.4. The molecule has 5 nitrogen and oxygen atoms in total. The second-order valence-corrected chi connectivity index (χ2v) is 7.24. The average molecular weight is 351 g/mol. The molecule has 0 amide bonds. The third-order valence-electron chi connectivity index (χ3n) is 4.52. The first-order valence-electron chi connectivity index (χ1n) is 7.76. The fourth-order valence-electron chi connectivity index (χ4n) is 3.27. The van der Waals surface area contributed by atoms with Crippen LogP contribution in [0.3, 0.4) is 0 Å². The number of hydrogen-bond donors (Lipinski definition) is 2. The second kappa shape index (κ2) is 6.47. The van der Waals surface area contributed by atoms with Gasteiger partial charge in [0, 0.05) is 23.1 Å². The molecule has 0 saturated carbocycles. The van der Waals surface area contributed by atoms with E-state index in [1.54, 1.807) is 18.7 Å². The van der Waals surface area contributed by atoms with E-state index in [2.05, 4.69) is 0 Å². The van der Waals surface area contributed by atoms with Gasteiger partial charge in [-0.15, -0.1) is 0 Å². The summed E-state index contributed by atoms with van der Waals surface area (Å²) in [5.41, 5.74) is 1.26. The minimum Gasteiger partial charge on any atom is -0.505 e. The summed E-state index contributed by atoms with van der Waals surface area (Å²) < 4.78 is 15.3. The Hall–Kier alpha value is -2.02. The van der Waals surface area contributed by atoms with Crippen LogP contribution in [-0.4, -0.2) is 38.2 Å². The molecule has 2 N–H and O–H groups in total. The third-order valence-corrected chi connectivity index (χ3v) is 5.57. The topological polar surface area (TPSA) is 79.5 Å². The number of carboxylic acid groups (broad SMARTS) is 1. The lowest BCUT2D eigenvalue weighted by molar-refractivity contribution is -0.136. The summed E-state index contributed by atoms with van der Waals surface area (Å²) in [5.74, 6) is -0.863. The van der Waals surface area contributed by atoms with Crippen molar-refractivity contribution in [2.24, 2.45) is 5.92 Å². The molecule has 0 spiro atoms. The van der Waals surface area contributed by atoms with Crippen LogP contribution in [-0.2, 0) is 11.2 Å². The maximum Gasteiger partial charge on any atom is 0.307 e. The van der Waals surface area contributed by atoms with Gasteiger partial charge in [0.05, 0.1) is 11.9 Å². The van der Waals surface area contributed by atoms with Gasteiger partial charge in [-0.3, -0.25) is 14.2 Å². The molecule has 1 saturated heterocycles. The summed E-state index contributed by atoms with van der Waals surface area (Å²) in [4.78, 5) is 24.1. The van der Waals surface area contributed by atoms with E-state index in [4.69, 9.17) is 5.11 Å². The number of fused-ring (bicyclic) bond motifs is 1. The predicted octanol–water partition coefficient (Wildman–Crippen LogP) is 3.20. The monoisotopic (exact) mass is 351 g/mol. The molecule has 1 aliphatic rings. The van der Waals surface area contributed by atoms with Crippen molar-refractivity contribution in [3.05, 3.63) is 29.2 Å². The molecule has 2 aromatic rings. The lowest BCUT2D eigenvalue weighted by Gasteiger charge is -2.21. The first-order chi connectivity index (χ1) is 11.4. The third kappa shape index (κ3) is 2.88. The fraction of sp³-hybridized carbons (Fsp3) is 0.412. The molecule has 2 heterocycles. The van der Waals surface area contributed by atoms with Crippen molar-refractivity contribution >= 4 is 34.5 Å². The largest absolute Gasteiger partial charge is 0.505 e. The van der Waals surface area contributed by atoms with Crippen molar-refractivity contribution in [2.75, 3.05) is 11.5 Å². The molecule has 7 heteroatoms. The molecule has 0 radical (unpaired) electrons. The molecule has 0 unspecified atom stereocenters. The van der Waals surface area contributed by atoms with E-state index in [-0.39, 0.29) is 18.2 Å². The standard InChI is InChI=1S/C17H18FNO4S/c1-9-11(7-16(21)22)12-6-15(20)13(18)8-14(12)19(9)17(23)10-2-4-24-5-3-10/h6,8,10,20H,2-5,7H2,1H3,(H,21,22). The van der Waals surface area contributed by atoms with Crippen molar-refractivity contribution in [1.29, 1.82) is 0 Å². The van der Waals surface area contributed by atoms with Gasteiger partial charge in [-0.2, -0.15) is 11.8 Å². The summed E-state index contributed by atoms with van der Waals surface area (Å²) in [6, 6.07) is 2.31. The fourth-order valence-corrected chi connectivity index (χ4v) is 4.38. The van der Waals surface area contributed by atoms with E-state index < -0.39 is 17.5 Å². The minimum atomic E-state index is -1.04. The molecule has 1 aliphatic heterocycles. The molecular formula is C17H18FNO4S. The summed E-state index contributed by atoms with van der Waals surface area (Å²) >= 11 is 1.80. The van der Waals surface area contributed by atoms with Gasteiger partial charge in [0.2, 0.25) is 5.91 Å². The van der Waals surface area contributed by atoms with Crippen LogP contribution in [0, 0.1) is 18.7 Å². The second-order valence-electron chi connectivity index (χ2n) is 6.02. The van der Waals surface area contributed by atoms with Crippen LogP contribution >= 0.6 is 11.8 Å². The van der Waals surface area contributed by atoms with Crippen molar-refractivity contribution in [2.45, 2.75) is 26.2 Å². The number of carboxylic acids is 1. The van der Waals surface area contributed by atoms with Gasteiger partial charge < -0.3 is 10.2 Å². The number of phenols is 1. The molecule has 3 rings (SSSR count). The maximum absolute atomic E-state index is 13.8. The summed E-state index contributed by atoms with van der Waals surface area (Å²) in [5, 5.41) is 19.2. The van der Waals surface area contributed by atoms with Crippen molar-refractivity contribution in [3.63, 3.8) is 0 Å². The summed E-state index contributed by atoms with van der Waals surface area (Å²) in [6.45, 7) is 1.67. The zero-order valence-electron chi connectivity index (χ0n) is 13.2. The number of carbonyl (C=O) groups is 2. The van der Waals surface area contributed by atoms with E-state index in [0.717, 1.165) is 30.4 Å². The van der Waals surface area contributed by atoms with Gasteiger partial charge in [-0.05, 0) is 42.9 Å². The molecular weight excluding hydrogens is 333 g/mol. The number of aliphatic carboxylic acids is 1. The van der Waals surface area contributed by atoms with Gasteiger partial charge in [0.25, 0.3) is 0 Å². The summed E-state index contributed by atoms with van der Waals surface area (Å²) in [6.07, 6.45) is 1.24. The Labute approximate surface area is 142 Å². The lowest BCUT2D eigenvalue weighted by Crippen LogP contribution is -2.26. The van der Waals surface area contributed by atoms with E-state index in [1.165, 1.54) is 10.6 Å². The Balaban J connectivity index is 2.18. The Bertz CT molecular complexity index is 824. The van der Waals surface area contributed by atoms with E-state index in [9.17, 15) is 19.1 Å². The highest BCUT2D eigenvalue weighted by molar-refractivity contribution is 7.99. The number of benzene rings is 1. The van der Waals surface area contributed by atoms with Gasteiger partial charge >= 0.3 is 5.97 Å². The SMILES string of the molecule is Cc1c(CC(=O)O)c2cc(O)c(F)cc2n1C(=O)C1CCSCC1. The normalized spacial score (nSPS) is 15.8. The first-order valence-corrected chi connectivity index (χ1v) is 8.91. The van der Waals surface area contributed by atoms with Gasteiger partial charge in [-0.1, -0.05) is 0 Å². The molecule has 1 aromatic carbocycles. The van der Waals surface area contributed by atoms with Crippen LogP contribution in [0.5, 0.6) is 5.75 Å². The molecule has 24 heavy (non-hydrogen) atoms. The average Bonchev–Trinajstić information content (AvgIpc) is 2.80. The molecule has 1 aromatic heterocycles. The van der Waals surface area contributed by atoms with Gasteiger partial charge in [0.15, 0.2) is 11.6 Å². The van der Waals surface area contributed by atoms with E-state index >= 15 is 0 Å². The lowest BCUT2D eigenvalue weighted by atomic mass is 10.0. The molecule has 0 aliphatic carbocycles. The van der Waals surface area contributed by atoms with Crippen LogP contribution in [0.15, 0.2) is 12.1 Å². The van der Waals surface area contributed by atoms with Crippen molar-refractivity contribution < 1.29 is 24.2 Å². The smallest absolute Gasteiger partial charge is 0.307 e.